The first kappa shape index (κ1) is 30.8. The highest BCUT2D eigenvalue weighted by molar-refractivity contribution is 5.76. The van der Waals surface area contributed by atoms with Crippen LogP contribution in [0.1, 0.15) is 92.9 Å². The first-order chi connectivity index (χ1) is 15.7. The van der Waals surface area contributed by atoms with Gasteiger partial charge in [0.15, 0.2) is 0 Å². The Labute approximate surface area is 206 Å². The molecule has 0 amide bonds. The van der Waals surface area contributed by atoms with Gasteiger partial charge in [-0.1, -0.05) is 0 Å². The second-order valence-corrected chi connectivity index (χ2v) is 12.0. The Hall–Kier alpha value is -1.22. The van der Waals surface area contributed by atoms with Gasteiger partial charge in [0, 0.05) is 13.2 Å². The summed E-state index contributed by atoms with van der Waals surface area (Å²) in [5, 5.41) is 18.1. The second kappa shape index (κ2) is 13.8. The highest BCUT2D eigenvalue weighted by Crippen LogP contribution is 2.31. The molecule has 0 saturated heterocycles. The van der Waals surface area contributed by atoms with E-state index in [1.165, 1.54) is 0 Å². The number of hydrogen-bond donors (Lipinski definition) is 4. The number of rotatable bonds is 6. The Morgan fingerprint density at radius 2 is 0.941 bits per heavy atom. The maximum atomic E-state index is 11.8. The average Bonchev–Trinajstić information content (AvgIpc) is 2.76. The van der Waals surface area contributed by atoms with Crippen molar-refractivity contribution < 1.29 is 29.3 Å². The molecule has 200 valence electrons. The molecule has 2 atom stereocenters. The molecule has 6 N–H and O–H groups in total. The Bertz CT molecular complexity index is 558. The van der Waals surface area contributed by atoms with Gasteiger partial charge in [-0.05, 0) is 117 Å². The molecule has 34 heavy (non-hydrogen) atoms. The van der Waals surface area contributed by atoms with E-state index in [1.54, 1.807) is 0 Å². The summed E-state index contributed by atoms with van der Waals surface area (Å²) in [6, 6.07) is -1.04. The molecule has 2 aliphatic rings. The third-order valence-electron chi connectivity index (χ3n) is 6.67. The highest BCUT2D eigenvalue weighted by Gasteiger charge is 2.33. The molecule has 0 aromatic carbocycles. The van der Waals surface area contributed by atoms with Gasteiger partial charge < -0.3 is 31.2 Å². The van der Waals surface area contributed by atoms with Crippen molar-refractivity contribution in [3.8, 4) is 0 Å². The predicted octanol–water partition coefficient (Wildman–Crippen LogP) is 2.91. The van der Waals surface area contributed by atoms with E-state index in [1.807, 2.05) is 41.5 Å². The topological polar surface area (TPSA) is 145 Å². The normalized spacial score (nSPS) is 27.6. The Kier molecular flexibility index (Phi) is 12.5. The van der Waals surface area contributed by atoms with E-state index in [9.17, 15) is 9.59 Å². The second-order valence-electron chi connectivity index (χ2n) is 12.0. The van der Waals surface area contributed by atoms with Crippen molar-refractivity contribution in [1.29, 1.82) is 0 Å². The SMILES string of the molecule is CC(C)(C)OC(=O)C(N)C1CCC(CO)CC1.CC(C)(C)OC(=O)C(N)C1CCC(CO)CC1. The smallest absolute Gasteiger partial charge is 0.323 e. The van der Waals surface area contributed by atoms with Crippen LogP contribution in [-0.4, -0.2) is 58.7 Å². The van der Waals surface area contributed by atoms with Crippen LogP contribution in [0.2, 0.25) is 0 Å². The largest absolute Gasteiger partial charge is 0.459 e. The van der Waals surface area contributed by atoms with E-state index < -0.39 is 23.3 Å². The zero-order valence-electron chi connectivity index (χ0n) is 22.2. The quantitative estimate of drug-likeness (QED) is 0.419. The lowest BCUT2D eigenvalue weighted by atomic mass is 9.79. The van der Waals surface area contributed by atoms with E-state index in [0.717, 1.165) is 51.4 Å². The summed E-state index contributed by atoms with van der Waals surface area (Å²) in [5.41, 5.74) is 10.9. The molecule has 0 bridgehead atoms. The molecule has 0 aromatic rings. The Morgan fingerprint density at radius 1 is 0.676 bits per heavy atom. The van der Waals surface area contributed by atoms with Gasteiger partial charge in [0.1, 0.15) is 23.3 Å². The van der Waals surface area contributed by atoms with Crippen LogP contribution in [0.15, 0.2) is 0 Å². The lowest BCUT2D eigenvalue weighted by Gasteiger charge is -2.31. The Balaban J connectivity index is 0.000000340. The molecule has 8 heteroatoms. The maximum absolute atomic E-state index is 11.8. The van der Waals surface area contributed by atoms with E-state index in [-0.39, 0.29) is 37.0 Å². The van der Waals surface area contributed by atoms with Crippen molar-refractivity contribution in [1.82, 2.24) is 0 Å². The minimum Gasteiger partial charge on any atom is -0.459 e. The fraction of sp³-hybridized carbons (Fsp3) is 0.923. The van der Waals surface area contributed by atoms with Gasteiger partial charge in [0.25, 0.3) is 0 Å². The number of esters is 2. The monoisotopic (exact) mass is 486 g/mol. The number of hydrogen-bond acceptors (Lipinski definition) is 8. The van der Waals surface area contributed by atoms with E-state index in [2.05, 4.69) is 0 Å². The number of nitrogens with two attached hydrogens (primary N) is 2. The van der Waals surface area contributed by atoms with Crippen LogP contribution in [0.25, 0.3) is 0 Å². The molecule has 2 saturated carbocycles. The van der Waals surface area contributed by atoms with Crippen LogP contribution < -0.4 is 11.5 Å². The van der Waals surface area contributed by atoms with E-state index in [4.69, 9.17) is 31.2 Å². The van der Waals surface area contributed by atoms with Crippen molar-refractivity contribution in [3.63, 3.8) is 0 Å². The van der Waals surface area contributed by atoms with Gasteiger partial charge in [-0.25, -0.2) is 0 Å². The van der Waals surface area contributed by atoms with Crippen molar-refractivity contribution in [3.05, 3.63) is 0 Å². The molecule has 0 spiro atoms. The summed E-state index contributed by atoms with van der Waals surface area (Å²) < 4.78 is 10.6. The summed E-state index contributed by atoms with van der Waals surface area (Å²) in [5.74, 6) is 0.573. The lowest BCUT2D eigenvalue weighted by Crippen LogP contribution is -2.43. The van der Waals surface area contributed by atoms with Crippen molar-refractivity contribution in [2.75, 3.05) is 13.2 Å². The number of carbonyl (C=O) groups excluding carboxylic acids is 2. The number of aliphatic hydroxyl groups is 2. The zero-order chi connectivity index (χ0) is 26.1. The molecule has 2 fully saturated rings. The molecular weight excluding hydrogens is 436 g/mol. The molecule has 0 radical (unpaired) electrons. The van der Waals surface area contributed by atoms with E-state index >= 15 is 0 Å². The standard InChI is InChI=1S/2C13H25NO3/c2*1-13(2,3)17-12(16)11(14)10-6-4-9(8-15)5-7-10/h2*9-11,15H,4-8,14H2,1-3H3. The predicted molar refractivity (Wildman–Crippen MR) is 133 cm³/mol. The summed E-state index contributed by atoms with van der Waals surface area (Å²) >= 11 is 0. The third-order valence-corrected chi connectivity index (χ3v) is 6.67. The summed E-state index contributed by atoms with van der Waals surface area (Å²) in [7, 11) is 0. The molecule has 0 aliphatic heterocycles. The van der Waals surface area contributed by atoms with Gasteiger partial charge in [-0.2, -0.15) is 0 Å². The van der Waals surface area contributed by atoms with Crippen molar-refractivity contribution in [2.45, 2.75) is 116 Å². The average molecular weight is 487 g/mol. The molecule has 2 aliphatic carbocycles. The third kappa shape index (κ3) is 11.5. The summed E-state index contributed by atoms with van der Waals surface area (Å²) in [6.45, 7) is 11.6. The van der Waals surface area contributed by atoms with Crippen LogP contribution in [0.4, 0.5) is 0 Å². The molecule has 8 nitrogen and oxygen atoms in total. The van der Waals surface area contributed by atoms with Crippen LogP contribution in [0.3, 0.4) is 0 Å². The maximum Gasteiger partial charge on any atom is 0.323 e. The van der Waals surface area contributed by atoms with Gasteiger partial charge >= 0.3 is 11.9 Å². The molecule has 2 unspecified atom stereocenters. The van der Waals surface area contributed by atoms with Gasteiger partial charge in [-0.3, -0.25) is 9.59 Å². The number of ether oxygens (including phenoxy) is 2. The lowest BCUT2D eigenvalue weighted by molar-refractivity contribution is -0.159. The van der Waals surface area contributed by atoms with Crippen molar-refractivity contribution in [2.24, 2.45) is 35.1 Å². The first-order valence-corrected chi connectivity index (χ1v) is 12.9. The van der Waals surface area contributed by atoms with Crippen LogP contribution in [0.5, 0.6) is 0 Å². The molecular formula is C26H50N2O6. The number of carbonyl (C=O) groups is 2. The van der Waals surface area contributed by atoms with Crippen LogP contribution in [-0.2, 0) is 19.1 Å². The Morgan fingerprint density at radius 3 is 1.15 bits per heavy atom. The van der Waals surface area contributed by atoms with E-state index in [0.29, 0.717) is 11.8 Å². The van der Waals surface area contributed by atoms with Gasteiger partial charge in [0.05, 0.1) is 0 Å². The van der Waals surface area contributed by atoms with Gasteiger partial charge in [-0.15, -0.1) is 0 Å². The van der Waals surface area contributed by atoms with Crippen LogP contribution in [0, 0.1) is 23.7 Å². The minimum absolute atomic E-state index is 0.202. The van der Waals surface area contributed by atoms with Crippen LogP contribution >= 0.6 is 0 Å². The molecule has 2 rings (SSSR count). The zero-order valence-corrected chi connectivity index (χ0v) is 22.2. The molecule has 0 aromatic heterocycles. The summed E-state index contributed by atoms with van der Waals surface area (Å²) in [6.07, 6.45) is 7.46. The highest BCUT2D eigenvalue weighted by atomic mass is 16.6. The van der Waals surface area contributed by atoms with Crippen molar-refractivity contribution >= 4 is 11.9 Å². The fourth-order valence-electron chi connectivity index (χ4n) is 4.58. The minimum atomic E-state index is -0.520. The van der Waals surface area contributed by atoms with Gasteiger partial charge in [0.2, 0.25) is 0 Å². The first-order valence-electron chi connectivity index (χ1n) is 12.9. The molecule has 0 heterocycles. The summed E-state index contributed by atoms with van der Waals surface area (Å²) in [4.78, 5) is 23.6. The number of aliphatic hydroxyl groups excluding tert-OH is 2. The fourth-order valence-corrected chi connectivity index (χ4v) is 4.58.